The molecule has 0 aliphatic rings. The average molecular weight is 174 g/mol. The lowest BCUT2D eigenvalue weighted by Crippen LogP contribution is -2.25. The number of hydrogen-bond acceptors (Lipinski definition) is 3. The third-order valence-electron chi connectivity index (χ3n) is 1.44. The van der Waals surface area contributed by atoms with E-state index in [1.54, 1.807) is 0 Å². The lowest BCUT2D eigenvalue weighted by molar-refractivity contribution is -0.153. The van der Waals surface area contributed by atoms with Crippen molar-refractivity contribution in [1.82, 2.24) is 0 Å². The first-order chi connectivity index (χ1) is 5.43. The summed E-state index contributed by atoms with van der Waals surface area (Å²) in [6.07, 6.45) is -0.642. The van der Waals surface area contributed by atoms with Crippen LogP contribution in [0.1, 0.15) is 27.2 Å². The molecule has 0 spiro atoms. The number of ether oxygens (including phenoxy) is 1. The molecule has 4 heteroatoms. The lowest BCUT2D eigenvalue weighted by Gasteiger charge is -2.18. The number of aliphatic carboxylic acids is 1. The Morgan fingerprint density at radius 1 is 1.42 bits per heavy atom. The Balaban J connectivity index is 4.04. The van der Waals surface area contributed by atoms with Crippen molar-refractivity contribution >= 4 is 11.9 Å². The molecule has 0 aliphatic heterocycles. The van der Waals surface area contributed by atoms with Gasteiger partial charge in [0.25, 0.3) is 0 Å². The fraction of sp³-hybridized carbons (Fsp3) is 0.750. The Hall–Kier alpha value is -1.06. The molecule has 0 amide bonds. The molecule has 0 aromatic rings. The van der Waals surface area contributed by atoms with Crippen LogP contribution in [0.5, 0.6) is 0 Å². The van der Waals surface area contributed by atoms with Gasteiger partial charge >= 0.3 is 11.9 Å². The van der Waals surface area contributed by atoms with Crippen LogP contribution in [-0.2, 0) is 14.3 Å². The van der Waals surface area contributed by atoms with Gasteiger partial charge in [0.15, 0.2) is 0 Å². The normalized spacial score (nSPS) is 12.7. The molecule has 0 saturated carbocycles. The molecule has 1 unspecified atom stereocenters. The van der Waals surface area contributed by atoms with E-state index in [0.29, 0.717) is 0 Å². The maximum absolute atomic E-state index is 10.5. The van der Waals surface area contributed by atoms with Gasteiger partial charge in [-0.3, -0.25) is 9.59 Å². The van der Waals surface area contributed by atoms with Crippen LogP contribution in [0, 0.1) is 5.92 Å². The minimum Gasteiger partial charge on any atom is -0.481 e. The number of carboxylic acids is 1. The maximum Gasteiger partial charge on any atom is 0.307 e. The van der Waals surface area contributed by atoms with Crippen LogP contribution >= 0.6 is 0 Å². The highest BCUT2D eigenvalue weighted by molar-refractivity contribution is 5.69. The number of carbonyl (C=O) groups is 2. The van der Waals surface area contributed by atoms with E-state index in [2.05, 4.69) is 0 Å². The highest BCUT2D eigenvalue weighted by Gasteiger charge is 2.19. The smallest absolute Gasteiger partial charge is 0.307 e. The van der Waals surface area contributed by atoms with E-state index < -0.39 is 18.0 Å². The second-order valence-electron chi connectivity index (χ2n) is 2.99. The summed E-state index contributed by atoms with van der Waals surface area (Å²) in [5.74, 6) is -1.35. The molecular weight excluding hydrogens is 160 g/mol. The van der Waals surface area contributed by atoms with Gasteiger partial charge in [-0.1, -0.05) is 13.8 Å². The highest BCUT2D eigenvalue weighted by atomic mass is 16.5. The zero-order chi connectivity index (χ0) is 9.72. The lowest BCUT2D eigenvalue weighted by atomic mass is 10.0. The SMILES string of the molecule is CC(=O)OC(CC(=O)O)C(C)C. The fourth-order valence-corrected chi connectivity index (χ4v) is 0.799. The second kappa shape index (κ2) is 4.74. The quantitative estimate of drug-likeness (QED) is 0.647. The van der Waals surface area contributed by atoms with Crippen LogP contribution in [0.3, 0.4) is 0 Å². The topological polar surface area (TPSA) is 63.6 Å². The van der Waals surface area contributed by atoms with Gasteiger partial charge in [0.1, 0.15) is 6.10 Å². The molecular formula is C8H14O4. The van der Waals surface area contributed by atoms with Crippen molar-refractivity contribution in [1.29, 1.82) is 0 Å². The van der Waals surface area contributed by atoms with Crippen molar-refractivity contribution in [3.05, 3.63) is 0 Å². The minimum atomic E-state index is -0.949. The second-order valence-corrected chi connectivity index (χ2v) is 2.99. The molecule has 70 valence electrons. The van der Waals surface area contributed by atoms with Gasteiger partial charge in [0.2, 0.25) is 0 Å². The largest absolute Gasteiger partial charge is 0.481 e. The van der Waals surface area contributed by atoms with Gasteiger partial charge < -0.3 is 9.84 Å². The standard InChI is InChI=1S/C8H14O4/c1-5(2)7(4-8(10)11)12-6(3)9/h5,7H,4H2,1-3H3,(H,10,11). The Bertz CT molecular complexity index is 158. The predicted octanol–water partition coefficient (Wildman–Crippen LogP) is 1.05. The first-order valence-electron chi connectivity index (χ1n) is 3.82. The zero-order valence-corrected chi connectivity index (χ0v) is 7.53. The van der Waals surface area contributed by atoms with Crippen LogP contribution in [0.25, 0.3) is 0 Å². The summed E-state index contributed by atoms with van der Waals surface area (Å²) in [4.78, 5) is 20.8. The minimum absolute atomic E-state index is 0.0324. The maximum atomic E-state index is 10.5. The number of carboxylic acid groups (broad SMARTS) is 1. The third kappa shape index (κ3) is 4.71. The number of rotatable bonds is 4. The Kier molecular flexibility index (Phi) is 4.33. The van der Waals surface area contributed by atoms with Crippen molar-refractivity contribution in [3.8, 4) is 0 Å². The summed E-state index contributed by atoms with van der Waals surface area (Å²) >= 11 is 0. The predicted molar refractivity (Wildman–Crippen MR) is 42.6 cm³/mol. The Morgan fingerprint density at radius 3 is 2.17 bits per heavy atom. The number of hydrogen-bond donors (Lipinski definition) is 1. The van der Waals surface area contributed by atoms with Crippen molar-refractivity contribution in [2.24, 2.45) is 5.92 Å². The summed E-state index contributed by atoms with van der Waals surface area (Å²) in [5.41, 5.74) is 0. The van der Waals surface area contributed by atoms with Crippen LogP contribution in [0.2, 0.25) is 0 Å². The highest BCUT2D eigenvalue weighted by Crippen LogP contribution is 2.10. The van der Waals surface area contributed by atoms with E-state index in [4.69, 9.17) is 9.84 Å². The first kappa shape index (κ1) is 10.9. The Morgan fingerprint density at radius 2 is 1.92 bits per heavy atom. The van der Waals surface area contributed by atoms with Crippen molar-refractivity contribution in [2.75, 3.05) is 0 Å². The van der Waals surface area contributed by atoms with Gasteiger partial charge in [-0.2, -0.15) is 0 Å². The monoisotopic (exact) mass is 174 g/mol. The summed E-state index contributed by atoms with van der Waals surface area (Å²) < 4.78 is 4.80. The van der Waals surface area contributed by atoms with Gasteiger partial charge in [-0.15, -0.1) is 0 Å². The molecule has 0 fully saturated rings. The van der Waals surface area contributed by atoms with Crippen LogP contribution in [-0.4, -0.2) is 23.1 Å². The molecule has 0 aromatic heterocycles. The molecule has 12 heavy (non-hydrogen) atoms. The summed E-state index contributed by atoms with van der Waals surface area (Å²) in [5, 5.41) is 8.45. The molecule has 4 nitrogen and oxygen atoms in total. The van der Waals surface area contributed by atoms with E-state index in [1.165, 1.54) is 6.92 Å². The third-order valence-corrected chi connectivity index (χ3v) is 1.44. The molecule has 1 atom stereocenters. The average Bonchev–Trinajstić information content (AvgIpc) is 1.83. The molecule has 0 bridgehead atoms. The molecule has 0 heterocycles. The summed E-state index contributed by atoms with van der Waals surface area (Å²) in [6.45, 7) is 4.91. The molecule has 1 N–H and O–H groups in total. The Labute approximate surface area is 71.5 Å². The first-order valence-corrected chi connectivity index (χ1v) is 3.82. The van der Waals surface area contributed by atoms with Crippen LogP contribution in [0.15, 0.2) is 0 Å². The van der Waals surface area contributed by atoms with E-state index in [0.717, 1.165) is 0 Å². The molecule has 0 radical (unpaired) electrons. The molecule has 0 saturated heterocycles. The van der Waals surface area contributed by atoms with Gasteiger partial charge in [-0.25, -0.2) is 0 Å². The number of carbonyl (C=O) groups excluding carboxylic acids is 1. The molecule has 0 aliphatic carbocycles. The van der Waals surface area contributed by atoms with E-state index >= 15 is 0 Å². The van der Waals surface area contributed by atoms with Crippen molar-refractivity contribution in [3.63, 3.8) is 0 Å². The summed E-state index contributed by atoms with van der Waals surface area (Å²) in [6, 6.07) is 0. The van der Waals surface area contributed by atoms with Crippen molar-refractivity contribution in [2.45, 2.75) is 33.3 Å². The number of esters is 1. The summed E-state index contributed by atoms with van der Waals surface area (Å²) in [7, 11) is 0. The van der Waals surface area contributed by atoms with Gasteiger partial charge in [0.05, 0.1) is 6.42 Å². The van der Waals surface area contributed by atoms with E-state index in [-0.39, 0.29) is 12.3 Å². The molecule has 0 aromatic carbocycles. The van der Waals surface area contributed by atoms with Gasteiger partial charge in [-0.05, 0) is 5.92 Å². The van der Waals surface area contributed by atoms with E-state index in [1.807, 2.05) is 13.8 Å². The fourth-order valence-electron chi connectivity index (χ4n) is 0.799. The van der Waals surface area contributed by atoms with Crippen LogP contribution < -0.4 is 0 Å². The van der Waals surface area contributed by atoms with Crippen molar-refractivity contribution < 1.29 is 19.4 Å². The zero-order valence-electron chi connectivity index (χ0n) is 7.53. The molecule has 0 rings (SSSR count). The van der Waals surface area contributed by atoms with Crippen LogP contribution in [0.4, 0.5) is 0 Å². The van der Waals surface area contributed by atoms with Gasteiger partial charge in [0, 0.05) is 6.92 Å². The van der Waals surface area contributed by atoms with E-state index in [9.17, 15) is 9.59 Å².